The molecule has 0 aromatic heterocycles. The van der Waals surface area contributed by atoms with E-state index in [1.165, 1.54) is 6.92 Å². The lowest BCUT2D eigenvalue weighted by Crippen LogP contribution is -2.57. The fourth-order valence-corrected chi connectivity index (χ4v) is 3.33. The molecule has 0 aliphatic heterocycles. The number of carbonyl (C=O) groups is 4. The predicted molar refractivity (Wildman–Crippen MR) is 137 cm³/mol. The topological polar surface area (TPSA) is 215 Å². The van der Waals surface area contributed by atoms with Crippen LogP contribution in [-0.2, 0) is 25.6 Å². The highest BCUT2D eigenvalue weighted by atomic mass is 16.4. The van der Waals surface area contributed by atoms with E-state index in [1.807, 2.05) is 13.0 Å². The molecule has 1 aromatic carbocycles. The fraction of sp³-hybridized carbons (Fsp3) is 0.542. The number of hydrogen-bond donors (Lipinski definition) is 7. The molecule has 0 spiro atoms. The quantitative estimate of drug-likeness (QED) is 0.0908. The maximum Gasteiger partial charge on any atom is 0.326 e. The number of carboxylic acids is 1. The van der Waals surface area contributed by atoms with E-state index in [9.17, 15) is 24.3 Å². The van der Waals surface area contributed by atoms with E-state index in [1.54, 1.807) is 31.2 Å². The molecular weight excluding hydrogens is 466 g/mol. The minimum absolute atomic E-state index is 0.0513. The summed E-state index contributed by atoms with van der Waals surface area (Å²) in [6.07, 6.45) is 1.49. The Labute approximate surface area is 211 Å². The molecule has 12 heteroatoms. The first-order valence-electron chi connectivity index (χ1n) is 11.9. The van der Waals surface area contributed by atoms with Gasteiger partial charge in [0.2, 0.25) is 17.7 Å². The van der Waals surface area contributed by atoms with Gasteiger partial charge in [-0.3, -0.25) is 19.4 Å². The Kier molecular flexibility index (Phi) is 12.9. The average Bonchev–Trinajstić information content (AvgIpc) is 2.83. The average molecular weight is 506 g/mol. The molecule has 12 nitrogen and oxygen atoms in total. The van der Waals surface area contributed by atoms with Gasteiger partial charge in [0.1, 0.15) is 18.1 Å². The lowest BCUT2D eigenvalue weighted by Gasteiger charge is -2.25. The van der Waals surface area contributed by atoms with Gasteiger partial charge in [0.25, 0.3) is 0 Å². The normalized spacial score (nSPS) is 14.9. The molecule has 0 saturated carbocycles. The van der Waals surface area contributed by atoms with Gasteiger partial charge in [-0.15, -0.1) is 0 Å². The molecule has 3 amide bonds. The predicted octanol–water partition coefficient (Wildman–Crippen LogP) is -0.785. The van der Waals surface area contributed by atoms with Crippen LogP contribution in [0.15, 0.2) is 35.3 Å². The summed E-state index contributed by atoms with van der Waals surface area (Å²) in [6.45, 7) is 5.30. The van der Waals surface area contributed by atoms with Crippen molar-refractivity contribution in [1.29, 1.82) is 0 Å². The summed E-state index contributed by atoms with van der Waals surface area (Å²) in [7, 11) is 0. The highest BCUT2D eigenvalue weighted by Gasteiger charge is 2.30. The van der Waals surface area contributed by atoms with Gasteiger partial charge in [0.15, 0.2) is 5.96 Å². The molecule has 5 atom stereocenters. The standard InChI is InChI=1S/C24H39N7O5/c1-4-14(2)19(23(35)36)31-20(32)15(3)29-22(34)18(13-16-9-6-5-7-10-16)30-21(33)17(25)11-8-12-28-24(26)27/h5-7,9-10,14-15,17-19H,4,8,11-13,25H2,1-3H3,(H,29,34)(H,30,33)(H,31,32)(H,35,36)(H4,26,27,28). The van der Waals surface area contributed by atoms with E-state index >= 15 is 0 Å². The Morgan fingerprint density at radius 2 is 1.61 bits per heavy atom. The van der Waals surface area contributed by atoms with E-state index in [-0.39, 0.29) is 18.3 Å². The molecule has 1 aromatic rings. The van der Waals surface area contributed by atoms with Crippen LogP contribution in [0.1, 0.15) is 45.6 Å². The van der Waals surface area contributed by atoms with Crippen LogP contribution >= 0.6 is 0 Å². The zero-order chi connectivity index (χ0) is 27.3. The largest absolute Gasteiger partial charge is 0.480 e. The molecule has 0 saturated heterocycles. The molecule has 10 N–H and O–H groups in total. The molecule has 0 aliphatic carbocycles. The number of rotatable bonds is 15. The van der Waals surface area contributed by atoms with E-state index in [2.05, 4.69) is 20.9 Å². The number of nitrogens with two attached hydrogens (primary N) is 3. The van der Waals surface area contributed by atoms with Crippen LogP contribution in [0.2, 0.25) is 0 Å². The van der Waals surface area contributed by atoms with Gasteiger partial charge in [-0.2, -0.15) is 0 Å². The third-order valence-electron chi connectivity index (χ3n) is 5.75. The van der Waals surface area contributed by atoms with Crippen LogP contribution < -0.4 is 33.2 Å². The summed E-state index contributed by atoms with van der Waals surface area (Å²) in [5.41, 5.74) is 17.3. The number of amides is 3. The van der Waals surface area contributed by atoms with Crippen LogP contribution in [-0.4, -0.2) is 65.5 Å². The van der Waals surface area contributed by atoms with E-state index in [0.29, 0.717) is 25.8 Å². The Morgan fingerprint density at radius 1 is 0.972 bits per heavy atom. The highest BCUT2D eigenvalue weighted by molar-refractivity contribution is 5.94. The molecule has 0 heterocycles. The molecule has 200 valence electrons. The van der Waals surface area contributed by atoms with Crippen molar-refractivity contribution < 1.29 is 24.3 Å². The minimum Gasteiger partial charge on any atom is -0.480 e. The first kappa shape index (κ1) is 30.4. The van der Waals surface area contributed by atoms with Gasteiger partial charge in [0.05, 0.1) is 6.04 Å². The van der Waals surface area contributed by atoms with E-state index in [0.717, 1.165) is 5.56 Å². The Bertz CT molecular complexity index is 905. The Morgan fingerprint density at radius 3 is 2.17 bits per heavy atom. The molecule has 5 unspecified atom stereocenters. The molecule has 0 aliphatic rings. The van der Waals surface area contributed by atoms with Crippen molar-refractivity contribution in [3.8, 4) is 0 Å². The van der Waals surface area contributed by atoms with Crippen molar-refractivity contribution in [2.24, 2.45) is 28.1 Å². The second-order valence-electron chi connectivity index (χ2n) is 8.75. The van der Waals surface area contributed by atoms with Crippen LogP contribution in [0.3, 0.4) is 0 Å². The maximum absolute atomic E-state index is 13.1. The molecular formula is C24H39N7O5. The smallest absolute Gasteiger partial charge is 0.326 e. The number of carbonyl (C=O) groups excluding carboxylic acids is 3. The number of nitrogens with zero attached hydrogens (tertiary/aromatic N) is 1. The van der Waals surface area contributed by atoms with Gasteiger partial charge in [-0.05, 0) is 31.2 Å². The zero-order valence-electron chi connectivity index (χ0n) is 21.1. The minimum atomic E-state index is -1.15. The molecule has 36 heavy (non-hydrogen) atoms. The molecule has 0 radical (unpaired) electrons. The van der Waals surface area contributed by atoms with Crippen molar-refractivity contribution >= 4 is 29.7 Å². The zero-order valence-corrected chi connectivity index (χ0v) is 21.1. The summed E-state index contributed by atoms with van der Waals surface area (Å²) in [6, 6.07) is 5.03. The summed E-state index contributed by atoms with van der Waals surface area (Å²) in [4.78, 5) is 53.7. The van der Waals surface area contributed by atoms with E-state index in [4.69, 9.17) is 17.2 Å². The van der Waals surface area contributed by atoms with Crippen molar-refractivity contribution in [2.45, 2.75) is 70.6 Å². The lowest BCUT2D eigenvalue weighted by molar-refractivity contribution is -0.143. The third kappa shape index (κ3) is 10.7. The third-order valence-corrected chi connectivity index (χ3v) is 5.75. The monoisotopic (exact) mass is 505 g/mol. The number of benzene rings is 1. The van der Waals surface area contributed by atoms with E-state index < -0.39 is 47.9 Å². The van der Waals surface area contributed by atoms with Crippen LogP contribution in [0, 0.1) is 5.92 Å². The van der Waals surface area contributed by atoms with Gasteiger partial charge < -0.3 is 38.3 Å². The van der Waals surface area contributed by atoms with Crippen molar-refractivity contribution in [3.05, 3.63) is 35.9 Å². The van der Waals surface area contributed by atoms with Gasteiger partial charge in [0, 0.05) is 13.0 Å². The van der Waals surface area contributed by atoms with Crippen molar-refractivity contribution in [3.63, 3.8) is 0 Å². The lowest BCUT2D eigenvalue weighted by atomic mass is 9.99. The summed E-state index contributed by atoms with van der Waals surface area (Å²) in [5, 5.41) is 17.1. The first-order valence-corrected chi connectivity index (χ1v) is 11.9. The summed E-state index contributed by atoms with van der Waals surface area (Å²) >= 11 is 0. The number of hydrogen-bond acceptors (Lipinski definition) is 6. The second-order valence-corrected chi connectivity index (χ2v) is 8.75. The van der Waals surface area contributed by atoms with Gasteiger partial charge in [-0.25, -0.2) is 4.79 Å². The maximum atomic E-state index is 13.1. The number of carboxylic acid groups (broad SMARTS) is 1. The second kappa shape index (κ2) is 15.4. The fourth-order valence-electron chi connectivity index (χ4n) is 3.33. The van der Waals surface area contributed by atoms with Crippen LogP contribution in [0.5, 0.6) is 0 Å². The summed E-state index contributed by atoms with van der Waals surface area (Å²) < 4.78 is 0. The van der Waals surface area contributed by atoms with Crippen molar-refractivity contribution in [2.75, 3.05) is 6.54 Å². The highest BCUT2D eigenvalue weighted by Crippen LogP contribution is 2.09. The number of aliphatic imine (C=N–C) groups is 1. The number of aliphatic carboxylic acids is 1. The molecule has 0 fully saturated rings. The van der Waals surface area contributed by atoms with Crippen molar-refractivity contribution in [1.82, 2.24) is 16.0 Å². The number of guanidine groups is 1. The Balaban J connectivity index is 2.87. The van der Waals surface area contributed by atoms with Crippen LogP contribution in [0.4, 0.5) is 0 Å². The van der Waals surface area contributed by atoms with Crippen LogP contribution in [0.25, 0.3) is 0 Å². The molecule has 0 bridgehead atoms. The summed E-state index contributed by atoms with van der Waals surface area (Å²) in [5.74, 6) is -3.28. The molecule has 1 rings (SSSR count). The number of nitrogens with one attached hydrogen (secondary N) is 3. The SMILES string of the molecule is CCC(C)C(NC(=O)C(C)NC(=O)C(Cc1ccccc1)NC(=O)C(N)CCCN=C(N)N)C(=O)O. The van der Waals surface area contributed by atoms with Gasteiger partial charge in [-0.1, -0.05) is 50.6 Å². The first-order chi connectivity index (χ1) is 17.0. The van der Waals surface area contributed by atoms with Gasteiger partial charge >= 0.3 is 5.97 Å². The Hall–Kier alpha value is -3.67.